The highest BCUT2D eigenvalue weighted by Gasteiger charge is 2.12. The van der Waals surface area contributed by atoms with Crippen LogP contribution >= 0.6 is 0 Å². The van der Waals surface area contributed by atoms with E-state index in [1.807, 2.05) is 24.3 Å². The lowest BCUT2D eigenvalue weighted by molar-refractivity contribution is -0.134. The molecule has 0 spiro atoms. The molecule has 0 aromatic heterocycles. The molecular weight excluding hydrogens is 354 g/mol. The van der Waals surface area contributed by atoms with Crippen molar-refractivity contribution >= 4 is 11.9 Å². The molecule has 1 aromatic rings. The lowest BCUT2D eigenvalue weighted by atomic mass is 10.1. The second kappa shape index (κ2) is 12.9. The Kier molecular flexibility index (Phi) is 11.7. The lowest BCUT2D eigenvalue weighted by Crippen LogP contribution is -2.42. The van der Waals surface area contributed by atoms with Crippen LogP contribution in [-0.4, -0.2) is 63.8 Å². The van der Waals surface area contributed by atoms with Crippen LogP contribution in [0.1, 0.15) is 26.3 Å². The van der Waals surface area contributed by atoms with Gasteiger partial charge in [0, 0.05) is 30.8 Å². The van der Waals surface area contributed by atoms with E-state index < -0.39 is 18.0 Å². The maximum Gasteiger partial charge on any atom is 0.328 e. The van der Waals surface area contributed by atoms with Crippen molar-refractivity contribution in [1.82, 2.24) is 5.32 Å². The fourth-order valence-electron chi connectivity index (χ4n) is 1.70. The van der Waals surface area contributed by atoms with Gasteiger partial charge in [0.05, 0.1) is 0 Å². The van der Waals surface area contributed by atoms with Gasteiger partial charge in [-0.15, -0.1) is 0 Å². The molecule has 0 unspecified atom stereocenters. The number of benzene rings is 1. The molecule has 0 heterocycles. The molecule has 1 aromatic carbocycles. The Balaban J connectivity index is 0.000000713. The van der Waals surface area contributed by atoms with Gasteiger partial charge >= 0.3 is 11.9 Å². The van der Waals surface area contributed by atoms with E-state index in [0.29, 0.717) is 25.1 Å². The van der Waals surface area contributed by atoms with Crippen LogP contribution in [-0.2, 0) is 16.0 Å². The Labute approximate surface area is 159 Å². The fourth-order valence-corrected chi connectivity index (χ4v) is 1.70. The summed E-state index contributed by atoms with van der Waals surface area (Å²) in [6.45, 7) is 7.09. The van der Waals surface area contributed by atoms with Crippen molar-refractivity contribution in [3.63, 3.8) is 0 Å². The van der Waals surface area contributed by atoms with Crippen molar-refractivity contribution in [3.8, 4) is 5.75 Å². The summed E-state index contributed by atoms with van der Waals surface area (Å²) in [5.74, 6) is -1.78. The molecule has 5 N–H and O–H groups in total. The van der Waals surface area contributed by atoms with E-state index >= 15 is 0 Å². The molecule has 0 amide bonds. The van der Waals surface area contributed by atoms with Gasteiger partial charge in [0.1, 0.15) is 18.5 Å². The molecule has 27 heavy (non-hydrogen) atoms. The summed E-state index contributed by atoms with van der Waals surface area (Å²) in [4.78, 5) is 19.1. The SMILES string of the molecule is CC(C)(C)NC[C@H](O)COc1ccc(CCO)cc1.O=C(O)/C=C\C(=O)O. The summed E-state index contributed by atoms with van der Waals surface area (Å²) in [7, 11) is 0. The lowest BCUT2D eigenvalue weighted by Gasteiger charge is -2.23. The van der Waals surface area contributed by atoms with E-state index in [1.54, 1.807) is 0 Å². The molecule has 8 heteroatoms. The van der Waals surface area contributed by atoms with Gasteiger partial charge in [-0.25, -0.2) is 9.59 Å². The molecule has 0 aliphatic heterocycles. The molecule has 0 saturated heterocycles. The monoisotopic (exact) mass is 383 g/mol. The molecule has 0 radical (unpaired) electrons. The molecular formula is C19H29NO7. The highest BCUT2D eigenvalue weighted by Crippen LogP contribution is 2.12. The number of carboxylic acid groups (broad SMARTS) is 2. The first-order chi connectivity index (χ1) is 12.5. The minimum Gasteiger partial charge on any atom is -0.491 e. The third kappa shape index (κ3) is 15.5. The molecule has 8 nitrogen and oxygen atoms in total. The summed E-state index contributed by atoms with van der Waals surface area (Å²) in [6.07, 6.45) is 1.24. The van der Waals surface area contributed by atoms with Gasteiger partial charge in [-0.1, -0.05) is 12.1 Å². The zero-order valence-corrected chi connectivity index (χ0v) is 15.9. The molecule has 0 aliphatic carbocycles. The smallest absolute Gasteiger partial charge is 0.328 e. The van der Waals surface area contributed by atoms with E-state index in [9.17, 15) is 14.7 Å². The van der Waals surface area contributed by atoms with Crippen molar-refractivity contribution in [2.24, 2.45) is 0 Å². The van der Waals surface area contributed by atoms with Crippen LogP contribution in [0.3, 0.4) is 0 Å². The van der Waals surface area contributed by atoms with Gasteiger partial charge in [0.15, 0.2) is 0 Å². The number of nitrogens with one attached hydrogen (secondary N) is 1. The third-order valence-electron chi connectivity index (χ3n) is 3.00. The van der Waals surface area contributed by atoms with E-state index in [2.05, 4.69) is 26.1 Å². The van der Waals surface area contributed by atoms with Gasteiger partial charge < -0.3 is 30.5 Å². The minimum atomic E-state index is -1.26. The number of carbonyl (C=O) groups is 2. The number of rotatable bonds is 9. The maximum absolute atomic E-state index is 9.79. The topological polar surface area (TPSA) is 136 Å². The number of ether oxygens (including phenoxy) is 1. The number of hydrogen-bond donors (Lipinski definition) is 5. The normalized spacial score (nSPS) is 12.2. The summed E-state index contributed by atoms with van der Waals surface area (Å²) < 4.78 is 5.51. The second-order valence-corrected chi connectivity index (χ2v) is 6.72. The number of aliphatic carboxylic acids is 2. The average molecular weight is 383 g/mol. The molecule has 0 aliphatic rings. The van der Waals surface area contributed by atoms with Crippen molar-refractivity contribution < 1.29 is 34.8 Å². The molecule has 0 bridgehead atoms. The Hall–Kier alpha value is -2.42. The van der Waals surface area contributed by atoms with Crippen LogP contribution < -0.4 is 10.1 Å². The summed E-state index contributed by atoms with van der Waals surface area (Å²) in [5, 5.41) is 37.5. The zero-order chi connectivity index (χ0) is 20.9. The number of aliphatic hydroxyl groups excluding tert-OH is 2. The number of hydrogen-bond acceptors (Lipinski definition) is 6. The van der Waals surface area contributed by atoms with Crippen LogP contribution in [0.5, 0.6) is 5.75 Å². The van der Waals surface area contributed by atoms with Gasteiger partial charge in [-0.05, 0) is 44.9 Å². The summed E-state index contributed by atoms with van der Waals surface area (Å²) in [6, 6.07) is 7.56. The van der Waals surface area contributed by atoms with Gasteiger partial charge in [0.25, 0.3) is 0 Å². The maximum atomic E-state index is 9.79. The number of β-amino-alcohol motifs (C(OH)–C–C–N with tert-alkyl or cyclic N) is 1. The fraction of sp³-hybridized carbons (Fsp3) is 0.474. The van der Waals surface area contributed by atoms with Gasteiger partial charge in [0.2, 0.25) is 0 Å². The van der Waals surface area contributed by atoms with E-state index in [4.69, 9.17) is 20.1 Å². The summed E-state index contributed by atoms with van der Waals surface area (Å²) in [5.41, 5.74) is 1.07. The zero-order valence-electron chi connectivity index (χ0n) is 15.9. The highest BCUT2D eigenvalue weighted by molar-refractivity contribution is 5.89. The first kappa shape index (κ1) is 24.6. The second-order valence-electron chi connectivity index (χ2n) is 6.72. The van der Waals surface area contributed by atoms with Crippen LogP contribution in [0.15, 0.2) is 36.4 Å². The number of carboxylic acids is 2. The van der Waals surface area contributed by atoms with Gasteiger partial charge in [-0.2, -0.15) is 0 Å². The Morgan fingerprint density at radius 1 is 1.11 bits per heavy atom. The Morgan fingerprint density at radius 3 is 2.04 bits per heavy atom. The summed E-state index contributed by atoms with van der Waals surface area (Å²) >= 11 is 0. The van der Waals surface area contributed by atoms with Crippen molar-refractivity contribution in [2.45, 2.75) is 38.8 Å². The molecule has 0 fully saturated rings. The Bertz CT molecular complexity index is 575. The Morgan fingerprint density at radius 2 is 1.63 bits per heavy atom. The first-order valence-corrected chi connectivity index (χ1v) is 8.43. The van der Waals surface area contributed by atoms with Crippen molar-refractivity contribution in [1.29, 1.82) is 0 Å². The molecule has 152 valence electrons. The number of aliphatic hydroxyl groups is 2. The van der Waals surface area contributed by atoms with Crippen LogP contribution in [0.25, 0.3) is 0 Å². The van der Waals surface area contributed by atoms with Crippen molar-refractivity contribution in [3.05, 3.63) is 42.0 Å². The van der Waals surface area contributed by atoms with E-state index in [0.717, 1.165) is 11.3 Å². The predicted octanol–water partition coefficient (Wildman–Crippen LogP) is 1.06. The minimum absolute atomic E-state index is 0.00702. The van der Waals surface area contributed by atoms with E-state index in [-0.39, 0.29) is 18.8 Å². The average Bonchev–Trinajstić information content (AvgIpc) is 2.58. The van der Waals surface area contributed by atoms with Crippen LogP contribution in [0, 0.1) is 0 Å². The highest BCUT2D eigenvalue weighted by atomic mass is 16.5. The first-order valence-electron chi connectivity index (χ1n) is 8.43. The van der Waals surface area contributed by atoms with Crippen LogP contribution in [0.2, 0.25) is 0 Å². The molecule has 0 saturated carbocycles. The quantitative estimate of drug-likeness (QED) is 0.399. The molecule has 1 rings (SSSR count). The van der Waals surface area contributed by atoms with Gasteiger partial charge in [-0.3, -0.25) is 0 Å². The predicted molar refractivity (Wildman–Crippen MR) is 101 cm³/mol. The van der Waals surface area contributed by atoms with E-state index in [1.165, 1.54) is 0 Å². The largest absolute Gasteiger partial charge is 0.491 e. The van der Waals surface area contributed by atoms with Crippen molar-refractivity contribution in [2.75, 3.05) is 19.8 Å². The van der Waals surface area contributed by atoms with Crippen LogP contribution in [0.4, 0.5) is 0 Å². The third-order valence-corrected chi connectivity index (χ3v) is 3.00. The molecule has 1 atom stereocenters. The standard InChI is InChI=1S/C15H25NO3.C4H4O4/c1-15(2,3)16-10-13(18)11-19-14-6-4-12(5-7-14)8-9-17;5-3(6)1-2-4(7)8/h4-7,13,16-18H,8-11H2,1-3H3;1-2H,(H,5,6)(H,7,8)/b;2-1-/t13-;/m0./s1.